The highest BCUT2D eigenvalue weighted by molar-refractivity contribution is 5.88. The summed E-state index contributed by atoms with van der Waals surface area (Å²) in [7, 11) is 0. The Morgan fingerprint density at radius 3 is 2.82 bits per heavy atom. The van der Waals surface area contributed by atoms with Crippen molar-refractivity contribution in [1.29, 1.82) is 0 Å². The minimum Gasteiger partial charge on any atom is -0.382 e. The molecular formula is C12H19N3O2. The molecule has 1 N–H and O–H groups in total. The summed E-state index contributed by atoms with van der Waals surface area (Å²) in [6, 6.07) is 0. The van der Waals surface area contributed by atoms with Crippen LogP contribution in [-0.4, -0.2) is 31.3 Å². The summed E-state index contributed by atoms with van der Waals surface area (Å²) in [6.45, 7) is 2.65. The monoisotopic (exact) mass is 237 g/mol. The molecule has 0 aromatic carbocycles. The lowest BCUT2D eigenvalue weighted by Gasteiger charge is -2.30. The normalized spacial score (nSPS) is 19.2. The zero-order chi connectivity index (χ0) is 12.3. The summed E-state index contributed by atoms with van der Waals surface area (Å²) < 4.78 is 1.70. The maximum absolute atomic E-state index is 12.1. The highest BCUT2D eigenvalue weighted by atomic mass is 16.3. The summed E-state index contributed by atoms with van der Waals surface area (Å²) >= 11 is 0. The topological polar surface area (TPSA) is 68.0 Å². The van der Waals surface area contributed by atoms with Gasteiger partial charge in [-0.25, -0.2) is 9.67 Å². The van der Waals surface area contributed by atoms with E-state index in [0.29, 0.717) is 25.2 Å². The number of rotatable bonds is 4. The molecule has 0 amide bonds. The first-order valence-electron chi connectivity index (χ1n) is 6.28. The van der Waals surface area contributed by atoms with E-state index >= 15 is 0 Å². The summed E-state index contributed by atoms with van der Waals surface area (Å²) in [5, 5.41) is 14.3. The molecule has 0 bridgehead atoms. The van der Waals surface area contributed by atoms with E-state index in [2.05, 4.69) is 10.1 Å². The van der Waals surface area contributed by atoms with Crippen LogP contribution < -0.4 is 0 Å². The quantitative estimate of drug-likeness (QED) is 0.851. The Balaban J connectivity index is 2.05. The van der Waals surface area contributed by atoms with Gasteiger partial charge < -0.3 is 5.11 Å². The van der Waals surface area contributed by atoms with Crippen molar-refractivity contribution < 1.29 is 9.90 Å². The lowest BCUT2D eigenvalue weighted by molar-refractivity contribution is -0.140. The Hall–Kier alpha value is -1.23. The molecule has 2 rings (SSSR count). The highest BCUT2D eigenvalue weighted by Crippen LogP contribution is 2.29. The van der Waals surface area contributed by atoms with Gasteiger partial charge in [0.15, 0.2) is 5.78 Å². The summed E-state index contributed by atoms with van der Waals surface area (Å²) in [6.07, 6.45) is 5.80. The number of aliphatic hydroxyl groups is 1. The van der Waals surface area contributed by atoms with Crippen molar-refractivity contribution in [3.8, 4) is 0 Å². The van der Waals surface area contributed by atoms with Crippen LogP contribution in [0.1, 0.15) is 44.9 Å². The molecule has 94 valence electrons. The van der Waals surface area contributed by atoms with E-state index in [1.165, 1.54) is 6.33 Å². The van der Waals surface area contributed by atoms with Crippen LogP contribution in [0, 0.1) is 0 Å². The number of nitrogens with zero attached hydrogens (tertiary/aromatic N) is 3. The van der Waals surface area contributed by atoms with Gasteiger partial charge in [0.1, 0.15) is 17.8 Å². The molecule has 5 heteroatoms. The lowest BCUT2D eigenvalue weighted by atomic mass is 9.81. The number of ketones is 1. The van der Waals surface area contributed by atoms with Crippen molar-refractivity contribution in [2.75, 3.05) is 0 Å². The predicted octanol–water partition coefficient (Wildman–Crippen LogP) is 1.10. The molecule has 1 saturated carbocycles. The van der Waals surface area contributed by atoms with Crippen molar-refractivity contribution in [2.24, 2.45) is 0 Å². The molecule has 1 fully saturated rings. The molecule has 17 heavy (non-hydrogen) atoms. The lowest BCUT2D eigenvalue weighted by Crippen LogP contribution is -2.41. The Bertz CT molecular complexity index is 394. The average Bonchev–Trinajstić information content (AvgIpc) is 2.77. The van der Waals surface area contributed by atoms with Gasteiger partial charge in [0, 0.05) is 6.54 Å². The maximum Gasteiger partial charge on any atom is 0.171 e. The number of aryl methyl sites for hydroxylation is 1. The standard InChI is InChI=1S/C12H19N3O2/c1-2-15-11(13-9-14-15)8-10(16)12(17)6-4-3-5-7-12/h9,17H,2-8H2,1H3. The van der Waals surface area contributed by atoms with Crippen molar-refractivity contribution in [1.82, 2.24) is 14.8 Å². The van der Waals surface area contributed by atoms with E-state index in [4.69, 9.17) is 0 Å². The first-order valence-corrected chi connectivity index (χ1v) is 6.28. The maximum atomic E-state index is 12.1. The Labute approximate surface area is 101 Å². The molecular weight excluding hydrogens is 218 g/mol. The summed E-state index contributed by atoms with van der Waals surface area (Å²) in [4.78, 5) is 16.2. The number of hydrogen-bond acceptors (Lipinski definition) is 4. The van der Waals surface area contributed by atoms with Gasteiger partial charge in [-0.1, -0.05) is 19.3 Å². The molecule has 0 spiro atoms. The second kappa shape index (κ2) is 4.96. The molecule has 0 radical (unpaired) electrons. The van der Waals surface area contributed by atoms with Gasteiger partial charge in [-0.3, -0.25) is 4.79 Å². The van der Waals surface area contributed by atoms with Crippen molar-refractivity contribution in [2.45, 2.75) is 57.6 Å². The summed E-state index contributed by atoms with van der Waals surface area (Å²) in [5.74, 6) is 0.538. The third-order valence-electron chi connectivity index (χ3n) is 3.51. The Morgan fingerprint density at radius 1 is 1.47 bits per heavy atom. The smallest absolute Gasteiger partial charge is 0.171 e. The third-order valence-corrected chi connectivity index (χ3v) is 3.51. The number of carbonyl (C=O) groups is 1. The fourth-order valence-electron chi connectivity index (χ4n) is 2.41. The van der Waals surface area contributed by atoms with Crippen LogP contribution in [0.15, 0.2) is 6.33 Å². The largest absolute Gasteiger partial charge is 0.382 e. The minimum absolute atomic E-state index is 0.111. The zero-order valence-electron chi connectivity index (χ0n) is 10.2. The first-order chi connectivity index (χ1) is 8.15. The van der Waals surface area contributed by atoms with Crippen LogP contribution in [0.2, 0.25) is 0 Å². The Kier molecular flexibility index (Phi) is 3.57. The SMILES string of the molecule is CCn1ncnc1CC(=O)C1(O)CCCCC1. The second-order valence-electron chi connectivity index (χ2n) is 4.68. The molecule has 0 unspecified atom stereocenters. The fourth-order valence-corrected chi connectivity index (χ4v) is 2.41. The number of carbonyl (C=O) groups excluding carboxylic acids is 1. The number of Topliss-reactive ketones (excluding diaryl/α,β-unsaturated/α-hetero) is 1. The zero-order valence-corrected chi connectivity index (χ0v) is 10.2. The van der Waals surface area contributed by atoms with E-state index in [0.717, 1.165) is 19.3 Å². The molecule has 1 aliphatic rings. The summed E-state index contributed by atoms with van der Waals surface area (Å²) in [5.41, 5.74) is -1.12. The van der Waals surface area contributed by atoms with Gasteiger partial charge in [-0.15, -0.1) is 0 Å². The first kappa shape index (κ1) is 12.2. The van der Waals surface area contributed by atoms with Gasteiger partial charge in [-0.05, 0) is 19.8 Å². The molecule has 0 atom stereocenters. The van der Waals surface area contributed by atoms with E-state index in [1.807, 2.05) is 6.92 Å². The van der Waals surface area contributed by atoms with Crippen LogP contribution in [0.25, 0.3) is 0 Å². The van der Waals surface area contributed by atoms with Gasteiger partial charge in [0.05, 0.1) is 6.42 Å². The van der Waals surface area contributed by atoms with Crippen LogP contribution in [-0.2, 0) is 17.8 Å². The van der Waals surface area contributed by atoms with Crippen LogP contribution in [0.3, 0.4) is 0 Å². The molecule has 1 heterocycles. The van der Waals surface area contributed by atoms with E-state index in [9.17, 15) is 9.90 Å². The fraction of sp³-hybridized carbons (Fsp3) is 0.750. The third kappa shape index (κ3) is 2.54. The van der Waals surface area contributed by atoms with Crippen molar-refractivity contribution >= 4 is 5.78 Å². The van der Waals surface area contributed by atoms with Gasteiger partial charge >= 0.3 is 0 Å². The predicted molar refractivity (Wildman–Crippen MR) is 62.4 cm³/mol. The molecule has 1 aromatic heterocycles. The van der Waals surface area contributed by atoms with Gasteiger partial charge in [0.2, 0.25) is 0 Å². The van der Waals surface area contributed by atoms with Crippen LogP contribution in [0.4, 0.5) is 0 Å². The molecule has 1 aromatic rings. The molecule has 1 aliphatic carbocycles. The highest BCUT2D eigenvalue weighted by Gasteiger charge is 2.37. The van der Waals surface area contributed by atoms with E-state index < -0.39 is 5.60 Å². The number of hydrogen-bond donors (Lipinski definition) is 1. The second-order valence-corrected chi connectivity index (χ2v) is 4.68. The minimum atomic E-state index is -1.12. The molecule has 5 nitrogen and oxygen atoms in total. The molecule has 0 aliphatic heterocycles. The Morgan fingerprint density at radius 2 is 2.18 bits per heavy atom. The van der Waals surface area contributed by atoms with Crippen molar-refractivity contribution in [3.05, 3.63) is 12.2 Å². The van der Waals surface area contributed by atoms with Crippen LogP contribution in [0.5, 0.6) is 0 Å². The van der Waals surface area contributed by atoms with Crippen molar-refractivity contribution in [3.63, 3.8) is 0 Å². The van der Waals surface area contributed by atoms with Gasteiger partial charge in [0.25, 0.3) is 0 Å². The number of aromatic nitrogens is 3. The van der Waals surface area contributed by atoms with E-state index in [-0.39, 0.29) is 12.2 Å². The average molecular weight is 237 g/mol. The van der Waals surface area contributed by atoms with Gasteiger partial charge in [-0.2, -0.15) is 5.10 Å². The van der Waals surface area contributed by atoms with E-state index in [1.54, 1.807) is 4.68 Å². The molecule has 0 saturated heterocycles. The van der Waals surface area contributed by atoms with Crippen LogP contribution >= 0.6 is 0 Å².